The minimum atomic E-state index is -4.04. The Hall–Kier alpha value is -0.840. The minimum Gasteiger partial charge on any atom is -0.391 e. The van der Waals surface area contributed by atoms with Crippen LogP contribution in [0, 0.1) is 0 Å². The summed E-state index contributed by atoms with van der Waals surface area (Å²) >= 11 is 1.89. The second-order valence-corrected chi connectivity index (χ2v) is 10.5. The van der Waals surface area contributed by atoms with E-state index in [1.165, 1.54) is 0 Å². The quantitative estimate of drug-likeness (QED) is 0.138. The SMILES string of the molecule is COP(=O)(O)OCC(O)CCCCCNC(=O)CCCCC1SCC2NC(=O)NC21. The molecule has 5 N–H and O–H groups in total. The number of amides is 3. The van der Waals surface area contributed by atoms with Gasteiger partial charge in [-0.05, 0) is 25.7 Å². The van der Waals surface area contributed by atoms with E-state index in [-0.39, 0.29) is 30.6 Å². The molecule has 0 aromatic carbocycles. The molecule has 2 saturated heterocycles. The summed E-state index contributed by atoms with van der Waals surface area (Å²) in [6.07, 6.45) is 5.32. The van der Waals surface area contributed by atoms with Crippen molar-refractivity contribution in [2.45, 2.75) is 74.8 Å². The van der Waals surface area contributed by atoms with Crippen LogP contribution in [0.25, 0.3) is 0 Å². The number of rotatable bonds is 15. The molecule has 2 fully saturated rings. The number of phosphoric acid groups is 1. The summed E-state index contributed by atoms with van der Waals surface area (Å²) < 4.78 is 20.0. The molecule has 0 aliphatic carbocycles. The van der Waals surface area contributed by atoms with Crippen molar-refractivity contribution in [1.29, 1.82) is 0 Å². The summed E-state index contributed by atoms with van der Waals surface area (Å²) in [5, 5.41) is 19.0. The maximum Gasteiger partial charge on any atom is 0.471 e. The fourth-order valence-corrected chi connectivity index (χ4v) is 5.60. The van der Waals surface area contributed by atoms with Gasteiger partial charge in [-0.3, -0.25) is 13.8 Å². The summed E-state index contributed by atoms with van der Waals surface area (Å²) in [6.45, 7) is 0.350. The van der Waals surface area contributed by atoms with Gasteiger partial charge in [0.15, 0.2) is 0 Å². The minimum absolute atomic E-state index is 0.0505. The Labute approximate surface area is 181 Å². The maximum atomic E-state index is 11.9. The molecule has 0 saturated carbocycles. The van der Waals surface area contributed by atoms with E-state index in [2.05, 4.69) is 25.0 Å². The van der Waals surface area contributed by atoms with Crippen LogP contribution < -0.4 is 16.0 Å². The number of unbranched alkanes of at least 4 members (excludes halogenated alkanes) is 3. The normalized spacial score (nSPS) is 25.8. The van der Waals surface area contributed by atoms with Crippen molar-refractivity contribution in [2.24, 2.45) is 0 Å². The van der Waals surface area contributed by atoms with Crippen molar-refractivity contribution < 1.29 is 33.2 Å². The number of aliphatic hydroxyl groups excluding tert-OH is 1. The lowest BCUT2D eigenvalue weighted by Crippen LogP contribution is -2.36. The number of fused-ring (bicyclic) bond motifs is 1. The summed E-state index contributed by atoms with van der Waals surface area (Å²) in [5.41, 5.74) is 0. The largest absolute Gasteiger partial charge is 0.471 e. The van der Waals surface area contributed by atoms with Gasteiger partial charge in [-0.2, -0.15) is 11.8 Å². The Balaban J connectivity index is 1.41. The Morgan fingerprint density at radius 3 is 2.87 bits per heavy atom. The number of nitrogens with one attached hydrogen (secondary N) is 3. The van der Waals surface area contributed by atoms with Crippen molar-refractivity contribution in [2.75, 3.05) is 26.0 Å². The number of urea groups is 1. The molecule has 0 aromatic rings. The number of hydrogen-bond donors (Lipinski definition) is 5. The number of carbonyl (C=O) groups excluding carboxylic acids is 2. The second kappa shape index (κ2) is 12.9. The third-order valence-electron chi connectivity index (χ3n) is 5.28. The molecule has 12 heteroatoms. The lowest BCUT2D eigenvalue weighted by molar-refractivity contribution is -0.121. The van der Waals surface area contributed by atoms with E-state index in [9.17, 15) is 19.3 Å². The van der Waals surface area contributed by atoms with Gasteiger partial charge in [0.25, 0.3) is 0 Å². The van der Waals surface area contributed by atoms with E-state index < -0.39 is 13.9 Å². The Morgan fingerprint density at radius 1 is 1.30 bits per heavy atom. The van der Waals surface area contributed by atoms with Crippen molar-refractivity contribution >= 4 is 31.5 Å². The molecule has 5 unspecified atom stereocenters. The van der Waals surface area contributed by atoms with Crippen LogP contribution >= 0.6 is 19.6 Å². The molecule has 30 heavy (non-hydrogen) atoms. The molecule has 0 spiro atoms. The van der Waals surface area contributed by atoms with Crippen LogP contribution in [-0.2, 0) is 18.4 Å². The third-order valence-corrected chi connectivity index (χ3v) is 7.72. The van der Waals surface area contributed by atoms with Gasteiger partial charge in [-0.1, -0.05) is 19.3 Å². The van der Waals surface area contributed by atoms with Crippen LogP contribution in [-0.4, -0.2) is 71.4 Å². The van der Waals surface area contributed by atoms with Crippen LogP contribution in [0.2, 0.25) is 0 Å². The van der Waals surface area contributed by atoms with Crippen LogP contribution in [0.5, 0.6) is 0 Å². The Kier molecular flexibility index (Phi) is 10.9. The van der Waals surface area contributed by atoms with Crippen molar-refractivity contribution in [3.05, 3.63) is 0 Å². The average Bonchev–Trinajstić information content (AvgIpc) is 3.25. The molecule has 0 bridgehead atoms. The van der Waals surface area contributed by atoms with Crippen molar-refractivity contribution in [3.8, 4) is 0 Å². The summed E-state index contributed by atoms with van der Waals surface area (Å²) in [6, 6.07) is 0.389. The van der Waals surface area contributed by atoms with E-state index in [1.54, 1.807) is 0 Å². The molecule has 2 aliphatic rings. The van der Waals surface area contributed by atoms with Gasteiger partial charge in [-0.25, -0.2) is 9.36 Å². The van der Waals surface area contributed by atoms with Gasteiger partial charge in [0.05, 0.1) is 24.8 Å². The predicted octanol–water partition coefficient (Wildman–Crippen LogP) is 1.51. The van der Waals surface area contributed by atoms with Crippen molar-refractivity contribution in [3.63, 3.8) is 0 Å². The molecule has 2 heterocycles. The smallest absolute Gasteiger partial charge is 0.391 e. The third kappa shape index (κ3) is 9.11. The van der Waals surface area contributed by atoms with E-state index >= 15 is 0 Å². The van der Waals surface area contributed by atoms with Gasteiger partial charge in [0, 0.05) is 31.1 Å². The van der Waals surface area contributed by atoms with Crippen LogP contribution in [0.1, 0.15) is 51.4 Å². The predicted molar refractivity (Wildman–Crippen MR) is 114 cm³/mol. The molecule has 2 rings (SSSR count). The Bertz CT molecular complexity index is 612. The molecular weight excluding hydrogens is 433 g/mol. The molecular formula is C18H34N3O7PS. The zero-order chi connectivity index (χ0) is 22.0. The summed E-state index contributed by atoms with van der Waals surface area (Å²) in [4.78, 5) is 32.4. The van der Waals surface area contributed by atoms with Crippen molar-refractivity contribution in [1.82, 2.24) is 16.0 Å². The molecule has 0 aromatic heterocycles. The van der Waals surface area contributed by atoms with Crippen LogP contribution in [0.15, 0.2) is 0 Å². The summed E-state index contributed by atoms with van der Waals surface area (Å²) in [5.74, 6) is 1.00. The number of aliphatic hydroxyl groups is 1. The van der Waals surface area contributed by atoms with Crippen LogP contribution in [0.3, 0.4) is 0 Å². The van der Waals surface area contributed by atoms with E-state index in [1.807, 2.05) is 11.8 Å². The standard InChI is InChI=1S/C18H34N3O7PS/c1-27-29(25,26)28-11-13(22)7-3-2-6-10-19-16(23)9-5-4-8-15-17-14(12-30-15)20-18(24)21-17/h13-15,17,22H,2-12H2,1H3,(H,19,23)(H,25,26)(H2,20,21,24). The first-order chi connectivity index (χ1) is 14.3. The number of thioether (sulfide) groups is 1. The van der Waals surface area contributed by atoms with Gasteiger partial charge < -0.3 is 26.0 Å². The molecule has 3 amide bonds. The highest BCUT2D eigenvalue weighted by Crippen LogP contribution is 2.42. The Morgan fingerprint density at radius 2 is 2.10 bits per heavy atom. The molecule has 0 radical (unpaired) electrons. The van der Waals surface area contributed by atoms with Gasteiger partial charge in [0.1, 0.15) is 0 Å². The van der Waals surface area contributed by atoms with Gasteiger partial charge >= 0.3 is 13.9 Å². The van der Waals surface area contributed by atoms with E-state index in [4.69, 9.17) is 4.89 Å². The monoisotopic (exact) mass is 467 g/mol. The zero-order valence-electron chi connectivity index (χ0n) is 17.4. The number of hydrogen-bond acceptors (Lipinski definition) is 7. The first-order valence-corrected chi connectivity index (χ1v) is 13.0. The van der Waals surface area contributed by atoms with Gasteiger partial charge in [-0.15, -0.1) is 0 Å². The number of carbonyl (C=O) groups is 2. The molecule has 174 valence electrons. The highest BCUT2D eigenvalue weighted by Gasteiger charge is 2.42. The maximum absolute atomic E-state index is 11.9. The van der Waals surface area contributed by atoms with E-state index in [0.717, 1.165) is 51.4 Å². The highest BCUT2D eigenvalue weighted by atomic mass is 32.2. The number of phosphoric ester groups is 1. The first-order valence-electron chi connectivity index (χ1n) is 10.5. The average molecular weight is 468 g/mol. The molecule has 10 nitrogen and oxygen atoms in total. The fourth-order valence-electron chi connectivity index (χ4n) is 3.59. The summed E-state index contributed by atoms with van der Waals surface area (Å²) in [7, 11) is -2.97. The zero-order valence-corrected chi connectivity index (χ0v) is 19.1. The molecule has 2 aliphatic heterocycles. The fraction of sp³-hybridized carbons (Fsp3) is 0.889. The second-order valence-electron chi connectivity index (χ2n) is 7.67. The molecule has 5 atom stereocenters. The first kappa shape index (κ1) is 25.4. The van der Waals surface area contributed by atoms with Crippen LogP contribution in [0.4, 0.5) is 4.79 Å². The lowest BCUT2D eigenvalue weighted by atomic mass is 10.0. The highest BCUT2D eigenvalue weighted by molar-refractivity contribution is 8.00. The lowest BCUT2D eigenvalue weighted by Gasteiger charge is -2.16. The topological polar surface area (TPSA) is 146 Å². The van der Waals surface area contributed by atoms with E-state index in [0.29, 0.717) is 24.6 Å². The van der Waals surface area contributed by atoms with Gasteiger partial charge in [0.2, 0.25) is 5.91 Å².